The Balaban J connectivity index is 1.79. The molecular weight excluding hydrogens is 483 g/mol. The molecule has 0 aliphatic heterocycles. The number of hydrogen-bond acceptors (Lipinski definition) is 6. The number of ether oxygens (including phenoxy) is 1. The van der Waals surface area contributed by atoms with Crippen LogP contribution >= 0.6 is 23.2 Å². The Morgan fingerprint density at radius 1 is 1.03 bits per heavy atom. The molecule has 0 saturated carbocycles. The molecule has 0 amide bonds. The van der Waals surface area contributed by atoms with Crippen LogP contribution in [0, 0.1) is 11.6 Å². The smallest absolute Gasteiger partial charge is 0.223 e. The lowest BCUT2D eigenvalue weighted by molar-refractivity contribution is 0.396. The molecule has 0 fully saturated rings. The van der Waals surface area contributed by atoms with Gasteiger partial charge in [0, 0.05) is 17.1 Å². The van der Waals surface area contributed by atoms with E-state index < -0.39 is 27.2 Å². The van der Waals surface area contributed by atoms with Crippen LogP contribution in [0.25, 0.3) is 22.0 Å². The molecule has 2 aromatic heterocycles. The van der Waals surface area contributed by atoms with Crippen molar-refractivity contribution in [3.8, 4) is 17.0 Å². The molecule has 4 rings (SSSR count). The lowest BCUT2D eigenvalue weighted by Gasteiger charge is -2.13. The minimum atomic E-state index is -3.99. The van der Waals surface area contributed by atoms with Crippen LogP contribution in [-0.4, -0.2) is 30.5 Å². The van der Waals surface area contributed by atoms with Gasteiger partial charge in [-0.3, -0.25) is 0 Å². The van der Waals surface area contributed by atoms with Crippen LogP contribution in [0.15, 0.2) is 53.6 Å². The summed E-state index contributed by atoms with van der Waals surface area (Å²) in [6.45, 7) is 0. The fourth-order valence-corrected chi connectivity index (χ4v) is 5.15. The Morgan fingerprint density at radius 3 is 2.50 bits per heavy atom. The Labute approximate surface area is 191 Å². The van der Waals surface area contributed by atoms with Gasteiger partial charge >= 0.3 is 0 Å². The van der Waals surface area contributed by atoms with Crippen LogP contribution in [0.1, 0.15) is 5.69 Å². The summed E-state index contributed by atoms with van der Waals surface area (Å²) in [6.07, 6.45) is 1.33. The third-order valence-corrected chi connectivity index (χ3v) is 6.93. The number of fused-ring (bicyclic) bond motifs is 1. The van der Waals surface area contributed by atoms with E-state index in [0.29, 0.717) is 5.39 Å². The second-order valence-electron chi connectivity index (χ2n) is 6.70. The van der Waals surface area contributed by atoms with Crippen molar-refractivity contribution in [1.82, 2.24) is 15.0 Å². The van der Waals surface area contributed by atoms with Gasteiger partial charge in [0.05, 0.1) is 22.7 Å². The molecule has 0 bridgehead atoms. The monoisotopic (exact) mass is 495 g/mol. The highest BCUT2D eigenvalue weighted by Gasteiger charge is 2.24. The van der Waals surface area contributed by atoms with E-state index in [1.165, 1.54) is 37.6 Å². The number of nitrogens with zero attached hydrogens (tertiary/aromatic N) is 3. The summed E-state index contributed by atoms with van der Waals surface area (Å²) >= 11 is 11.7. The second-order valence-corrected chi connectivity index (χ2v) is 9.40. The van der Waals surface area contributed by atoms with Gasteiger partial charge in [0.15, 0.2) is 9.84 Å². The number of sulfone groups is 1. The van der Waals surface area contributed by atoms with E-state index in [1.807, 2.05) is 0 Å². The fraction of sp³-hybridized carbons (Fsp3) is 0.0952. The lowest BCUT2D eigenvalue weighted by Crippen LogP contribution is -2.10. The molecule has 32 heavy (non-hydrogen) atoms. The molecule has 164 valence electrons. The third kappa shape index (κ3) is 4.23. The highest BCUT2D eigenvalue weighted by Crippen LogP contribution is 2.34. The van der Waals surface area contributed by atoms with Crippen molar-refractivity contribution in [2.45, 2.75) is 10.6 Å². The molecule has 6 nitrogen and oxygen atoms in total. The summed E-state index contributed by atoms with van der Waals surface area (Å²) < 4.78 is 60.2. The van der Waals surface area contributed by atoms with Crippen LogP contribution in [0.2, 0.25) is 10.3 Å². The van der Waals surface area contributed by atoms with Gasteiger partial charge in [0.25, 0.3) is 0 Å². The number of hydrogen-bond donors (Lipinski definition) is 0. The fourth-order valence-electron chi connectivity index (χ4n) is 3.16. The first kappa shape index (κ1) is 22.3. The highest BCUT2D eigenvalue weighted by molar-refractivity contribution is 7.90. The number of methoxy groups -OCH3 is 1. The van der Waals surface area contributed by atoms with Crippen molar-refractivity contribution >= 4 is 43.9 Å². The summed E-state index contributed by atoms with van der Waals surface area (Å²) in [5, 5.41) is 0.237. The van der Waals surface area contributed by atoms with Gasteiger partial charge in [-0.2, -0.15) is 0 Å². The van der Waals surface area contributed by atoms with Crippen LogP contribution in [0.4, 0.5) is 8.78 Å². The lowest BCUT2D eigenvalue weighted by atomic mass is 10.0. The van der Waals surface area contributed by atoms with Crippen molar-refractivity contribution in [2.24, 2.45) is 0 Å². The van der Waals surface area contributed by atoms with Crippen LogP contribution in [0.5, 0.6) is 5.88 Å². The number of aromatic nitrogens is 3. The highest BCUT2D eigenvalue weighted by atomic mass is 35.5. The molecule has 0 spiro atoms. The van der Waals surface area contributed by atoms with E-state index in [2.05, 4.69) is 15.0 Å². The van der Waals surface area contributed by atoms with Gasteiger partial charge in [0.1, 0.15) is 22.9 Å². The maximum atomic E-state index is 14.9. The molecular formula is C21H13Cl2F2N3O3S. The number of rotatable bonds is 5. The van der Waals surface area contributed by atoms with Crippen molar-refractivity contribution in [2.75, 3.05) is 7.11 Å². The average molecular weight is 496 g/mol. The first-order valence-electron chi connectivity index (χ1n) is 9.02. The Bertz CT molecular complexity index is 1470. The van der Waals surface area contributed by atoms with Gasteiger partial charge in [-0.05, 0) is 47.5 Å². The standard InChI is InChI=1S/C21H13Cl2F2N3O3S/c1-31-20-13(11-6-12-9-26-21(23)28-19(12)16(25)7-11)8-15(24)17(27-20)10-32(29,30)18-5-3-2-4-14(18)22/h2-9H,10H2,1H3. The maximum absolute atomic E-state index is 14.9. The molecule has 0 unspecified atom stereocenters. The van der Waals surface area contributed by atoms with Crippen LogP contribution in [0.3, 0.4) is 0 Å². The first-order chi connectivity index (χ1) is 15.2. The Hall–Kier alpha value is -2.88. The van der Waals surface area contributed by atoms with Crippen LogP contribution in [-0.2, 0) is 15.6 Å². The normalized spacial score (nSPS) is 11.7. The zero-order valence-electron chi connectivity index (χ0n) is 16.3. The maximum Gasteiger partial charge on any atom is 0.223 e. The molecule has 0 saturated heterocycles. The molecule has 0 aliphatic carbocycles. The van der Waals surface area contributed by atoms with Gasteiger partial charge in [-0.1, -0.05) is 23.7 Å². The predicted molar refractivity (Wildman–Crippen MR) is 117 cm³/mol. The molecule has 0 aliphatic rings. The third-order valence-electron chi connectivity index (χ3n) is 4.62. The summed E-state index contributed by atoms with van der Waals surface area (Å²) in [5.41, 5.74) is 0.00909. The quantitative estimate of drug-likeness (QED) is 0.351. The van der Waals surface area contributed by atoms with E-state index in [0.717, 1.165) is 12.1 Å². The van der Waals surface area contributed by atoms with Crippen molar-refractivity contribution in [3.05, 3.63) is 76.3 Å². The number of benzene rings is 2. The number of pyridine rings is 1. The SMILES string of the molecule is COc1nc(CS(=O)(=O)c2ccccc2Cl)c(F)cc1-c1cc(F)c2nc(Cl)ncc2c1. The van der Waals surface area contributed by atoms with Crippen molar-refractivity contribution in [3.63, 3.8) is 0 Å². The summed E-state index contributed by atoms with van der Waals surface area (Å²) in [7, 11) is -2.70. The van der Waals surface area contributed by atoms with Gasteiger partial charge < -0.3 is 4.74 Å². The topological polar surface area (TPSA) is 82.0 Å². The summed E-state index contributed by atoms with van der Waals surface area (Å²) in [5.74, 6) is -2.42. The van der Waals surface area contributed by atoms with E-state index in [9.17, 15) is 17.2 Å². The molecule has 0 radical (unpaired) electrons. The minimum absolute atomic E-state index is 0.00333. The first-order valence-corrected chi connectivity index (χ1v) is 11.4. The Kier molecular flexibility index (Phi) is 5.98. The van der Waals surface area contributed by atoms with E-state index >= 15 is 0 Å². The van der Waals surface area contributed by atoms with E-state index in [1.54, 1.807) is 6.07 Å². The molecule has 4 aromatic rings. The number of halogens is 4. The van der Waals surface area contributed by atoms with E-state index in [-0.39, 0.29) is 43.4 Å². The summed E-state index contributed by atoms with van der Waals surface area (Å²) in [4.78, 5) is 11.6. The van der Waals surface area contributed by atoms with Crippen molar-refractivity contribution < 1.29 is 21.9 Å². The second kappa shape index (κ2) is 8.57. The van der Waals surface area contributed by atoms with Gasteiger partial charge in [-0.15, -0.1) is 0 Å². The van der Waals surface area contributed by atoms with Crippen LogP contribution < -0.4 is 4.74 Å². The molecule has 2 heterocycles. The predicted octanol–water partition coefficient (Wildman–Crippen LogP) is 5.26. The molecule has 2 aromatic carbocycles. The molecule has 0 N–H and O–H groups in total. The Morgan fingerprint density at radius 2 is 1.78 bits per heavy atom. The summed E-state index contributed by atoms with van der Waals surface area (Å²) in [6, 6.07) is 9.54. The largest absolute Gasteiger partial charge is 0.481 e. The molecule has 11 heteroatoms. The average Bonchev–Trinajstić information content (AvgIpc) is 2.75. The molecule has 0 atom stereocenters. The van der Waals surface area contributed by atoms with Crippen molar-refractivity contribution in [1.29, 1.82) is 0 Å². The van der Waals surface area contributed by atoms with Gasteiger partial charge in [-0.25, -0.2) is 32.2 Å². The zero-order valence-corrected chi connectivity index (χ0v) is 18.6. The van der Waals surface area contributed by atoms with E-state index in [4.69, 9.17) is 27.9 Å². The minimum Gasteiger partial charge on any atom is -0.481 e. The van der Waals surface area contributed by atoms with Gasteiger partial charge in [0.2, 0.25) is 11.2 Å². The zero-order chi connectivity index (χ0) is 23.0.